The molecule has 0 spiro atoms. The van der Waals surface area contributed by atoms with Crippen molar-refractivity contribution in [3.8, 4) is 0 Å². The monoisotopic (exact) mass is 316 g/mol. The number of hydrogen-bond acceptors (Lipinski definition) is 4. The molecule has 1 aliphatic heterocycles. The molecule has 0 aromatic carbocycles. The van der Waals surface area contributed by atoms with Gasteiger partial charge in [0.2, 0.25) is 0 Å². The maximum atomic E-state index is 12.3. The third kappa shape index (κ3) is 3.18. The second kappa shape index (κ2) is 6.45. The Morgan fingerprint density at radius 1 is 1.72 bits per heavy atom. The van der Waals surface area contributed by atoms with Gasteiger partial charge >= 0.3 is 0 Å². The Kier molecular flexibility index (Phi) is 4.91. The van der Waals surface area contributed by atoms with Gasteiger partial charge in [0.1, 0.15) is 5.69 Å². The predicted molar refractivity (Wildman–Crippen MR) is 69.7 cm³/mol. The van der Waals surface area contributed by atoms with Crippen LogP contribution in [0.3, 0.4) is 0 Å². The normalized spacial score (nSPS) is 19.3. The van der Waals surface area contributed by atoms with E-state index in [9.17, 15) is 4.79 Å². The lowest BCUT2D eigenvalue weighted by molar-refractivity contribution is 0.0764. The molecule has 2 rings (SSSR count). The molecule has 6 heteroatoms. The lowest BCUT2D eigenvalue weighted by Crippen LogP contribution is -2.18. The van der Waals surface area contributed by atoms with Crippen molar-refractivity contribution in [1.29, 1.82) is 0 Å². The van der Waals surface area contributed by atoms with Crippen LogP contribution in [0.2, 0.25) is 0 Å². The molecule has 1 unspecified atom stereocenters. The van der Waals surface area contributed by atoms with Gasteiger partial charge in [-0.2, -0.15) is 5.10 Å². The first-order valence-electron chi connectivity index (χ1n) is 6.07. The zero-order chi connectivity index (χ0) is 13.0. The van der Waals surface area contributed by atoms with Gasteiger partial charge in [-0.25, -0.2) is 0 Å². The van der Waals surface area contributed by atoms with Crippen molar-refractivity contribution in [2.24, 2.45) is 0 Å². The number of ketones is 1. The van der Waals surface area contributed by atoms with Gasteiger partial charge in [-0.05, 0) is 28.8 Å². The molecule has 1 saturated heterocycles. The molecule has 0 N–H and O–H groups in total. The number of carbonyl (C=O) groups excluding carboxylic acids is 1. The molecule has 0 amide bonds. The fourth-order valence-corrected chi connectivity index (χ4v) is 2.61. The molecule has 0 aliphatic carbocycles. The zero-order valence-corrected chi connectivity index (χ0v) is 12.0. The van der Waals surface area contributed by atoms with E-state index in [0.717, 1.165) is 23.9 Å². The average molecular weight is 317 g/mol. The fraction of sp³-hybridized carbons (Fsp3) is 0.667. The molecule has 5 nitrogen and oxygen atoms in total. The van der Waals surface area contributed by atoms with Gasteiger partial charge in [0.15, 0.2) is 5.78 Å². The Labute approximate surface area is 115 Å². The number of aromatic nitrogens is 2. The van der Waals surface area contributed by atoms with E-state index >= 15 is 0 Å². The molecule has 100 valence electrons. The molecule has 18 heavy (non-hydrogen) atoms. The van der Waals surface area contributed by atoms with Crippen LogP contribution in [0, 0.1) is 0 Å². The molecule has 0 bridgehead atoms. The average Bonchev–Trinajstić information content (AvgIpc) is 2.96. The summed E-state index contributed by atoms with van der Waals surface area (Å²) in [7, 11) is 1.63. The van der Waals surface area contributed by atoms with Crippen LogP contribution in [0.15, 0.2) is 10.7 Å². The summed E-state index contributed by atoms with van der Waals surface area (Å²) in [6.45, 7) is 1.88. The highest BCUT2D eigenvalue weighted by Crippen LogP contribution is 2.22. The molecular formula is C12H17BrN2O3. The second-order valence-corrected chi connectivity index (χ2v) is 5.17. The maximum absolute atomic E-state index is 12.3. The van der Waals surface area contributed by atoms with Crippen LogP contribution in [-0.4, -0.2) is 42.0 Å². The Morgan fingerprint density at radius 2 is 2.56 bits per heavy atom. The Morgan fingerprint density at radius 3 is 3.22 bits per heavy atom. The Bertz CT molecular complexity index is 413. The number of hydrogen-bond donors (Lipinski definition) is 0. The van der Waals surface area contributed by atoms with E-state index in [2.05, 4.69) is 21.0 Å². The molecule has 1 fully saturated rings. The summed E-state index contributed by atoms with van der Waals surface area (Å²) in [4.78, 5) is 12.3. The smallest absolute Gasteiger partial charge is 0.184 e. The van der Waals surface area contributed by atoms with Crippen molar-refractivity contribution >= 4 is 21.7 Å². The van der Waals surface area contributed by atoms with E-state index in [1.165, 1.54) is 0 Å². The highest BCUT2D eigenvalue weighted by atomic mass is 79.9. The van der Waals surface area contributed by atoms with Crippen LogP contribution in [-0.2, 0) is 16.0 Å². The first-order valence-corrected chi connectivity index (χ1v) is 6.86. The van der Waals surface area contributed by atoms with Gasteiger partial charge < -0.3 is 9.47 Å². The Hall–Kier alpha value is -0.720. The highest BCUT2D eigenvalue weighted by molar-refractivity contribution is 9.10. The van der Waals surface area contributed by atoms with E-state index in [1.807, 2.05) is 0 Å². The van der Waals surface area contributed by atoms with Crippen molar-refractivity contribution < 1.29 is 14.3 Å². The summed E-state index contributed by atoms with van der Waals surface area (Å²) in [5.41, 5.74) is 0.613. The number of methoxy groups -OCH3 is 1. The number of Topliss-reactive ketones (excluding diaryl/α,β-unsaturated/α-hetero) is 1. The summed E-state index contributed by atoms with van der Waals surface area (Å²) in [6.07, 6.45) is 4.16. The minimum Gasteiger partial charge on any atom is -0.383 e. The van der Waals surface area contributed by atoms with E-state index in [-0.39, 0.29) is 11.9 Å². The number of nitrogens with zero attached hydrogens (tertiary/aromatic N) is 2. The third-order valence-electron chi connectivity index (χ3n) is 3.00. The van der Waals surface area contributed by atoms with Crippen LogP contribution in [0.5, 0.6) is 0 Å². The highest BCUT2D eigenvalue weighted by Gasteiger charge is 2.23. The number of rotatable bonds is 6. The van der Waals surface area contributed by atoms with Crippen molar-refractivity contribution in [1.82, 2.24) is 9.78 Å². The van der Waals surface area contributed by atoms with E-state index in [1.54, 1.807) is 18.0 Å². The van der Waals surface area contributed by atoms with Crippen LogP contribution < -0.4 is 0 Å². The molecule has 1 atom stereocenters. The predicted octanol–water partition coefficient (Wildman–Crippen LogP) is 2.04. The Balaban J connectivity index is 2.05. The van der Waals surface area contributed by atoms with Crippen molar-refractivity contribution in [3.63, 3.8) is 0 Å². The molecule has 0 radical (unpaired) electrons. The third-order valence-corrected chi connectivity index (χ3v) is 3.58. The maximum Gasteiger partial charge on any atom is 0.184 e. The summed E-state index contributed by atoms with van der Waals surface area (Å²) < 4.78 is 12.9. The first kappa shape index (κ1) is 13.7. The van der Waals surface area contributed by atoms with Gasteiger partial charge in [-0.15, -0.1) is 0 Å². The molecule has 1 aromatic rings. The fourth-order valence-electron chi connectivity index (χ4n) is 2.10. The van der Waals surface area contributed by atoms with E-state index < -0.39 is 0 Å². The summed E-state index contributed by atoms with van der Waals surface area (Å²) in [5, 5.41) is 4.18. The van der Waals surface area contributed by atoms with E-state index in [4.69, 9.17) is 9.47 Å². The van der Waals surface area contributed by atoms with Crippen LogP contribution >= 0.6 is 15.9 Å². The zero-order valence-electron chi connectivity index (χ0n) is 10.4. The number of ether oxygens (including phenoxy) is 2. The number of carbonyl (C=O) groups is 1. The standard InChI is InChI=1S/C12H17BrN2O3/c1-17-6-4-15-12(10(13)8-14-15)11(16)7-9-3-2-5-18-9/h8-9H,2-7H2,1H3. The summed E-state index contributed by atoms with van der Waals surface area (Å²) in [5.74, 6) is 0.0716. The SMILES string of the molecule is COCCn1ncc(Br)c1C(=O)CC1CCCO1. The molecule has 1 aromatic heterocycles. The van der Waals surface area contributed by atoms with Crippen LogP contribution in [0.1, 0.15) is 29.8 Å². The quantitative estimate of drug-likeness (QED) is 0.754. The second-order valence-electron chi connectivity index (χ2n) is 4.32. The first-order chi connectivity index (χ1) is 8.72. The van der Waals surface area contributed by atoms with Gasteiger partial charge in [-0.1, -0.05) is 0 Å². The van der Waals surface area contributed by atoms with Gasteiger partial charge in [-0.3, -0.25) is 9.48 Å². The minimum absolute atomic E-state index is 0.0650. The van der Waals surface area contributed by atoms with Gasteiger partial charge in [0.05, 0.1) is 29.9 Å². The molecule has 1 aliphatic rings. The largest absolute Gasteiger partial charge is 0.383 e. The summed E-state index contributed by atoms with van der Waals surface area (Å²) in [6, 6.07) is 0. The van der Waals surface area contributed by atoms with Gasteiger partial charge in [0, 0.05) is 20.1 Å². The van der Waals surface area contributed by atoms with Crippen molar-refractivity contribution in [2.75, 3.05) is 20.3 Å². The summed E-state index contributed by atoms with van der Waals surface area (Å²) >= 11 is 3.37. The molecular weight excluding hydrogens is 300 g/mol. The van der Waals surface area contributed by atoms with E-state index in [0.29, 0.717) is 25.3 Å². The molecule has 2 heterocycles. The van der Waals surface area contributed by atoms with Gasteiger partial charge in [0.25, 0.3) is 0 Å². The molecule has 0 saturated carbocycles. The number of halogens is 1. The van der Waals surface area contributed by atoms with Crippen LogP contribution in [0.25, 0.3) is 0 Å². The lowest BCUT2D eigenvalue weighted by Gasteiger charge is -2.10. The topological polar surface area (TPSA) is 53.4 Å². The lowest BCUT2D eigenvalue weighted by atomic mass is 10.1. The minimum atomic E-state index is 0.0650. The van der Waals surface area contributed by atoms with Crippen molar-refractivity contribution in [2.45, 2.75) is 31.9 Å². The van der Waals surface area contributed by atoms with Crippen molar-refractivity contribution in [3.05, 3.63) is 16.4 Å². The van der Waals surface area contributed by atoms with Crippen LogP contribution in [0.4, 0.5) is 0 Å².